The van der Waals surface area contributed by atoms with E-state index in [0.717, 1.165) is 0 Å². The van der Waals surface area contributed by atoms with Gasteiger partial charge in [-0.3, -0.25) is 4.79 Å². The van der Waals surface area contributed by atoms with Crippen LogP contribution in [0.3, 0.4) is 0 Å². The van der Waals surface area contributed by atoms with E-state index in [1.165, 1.54) is 6.07 Å². The number of carbonyl (C=O) groups is 1. The molecule has 16 heavy (non-hydrogen) atoms. The Balaban J connectivity index is 2.48. The van der Waals surface area contributed by atoms with Crippen LogP contribution in [0.1, 0.15) is 29.8 Å². The SMILES string of the molecule is CC1(C)Cc2c(ccc(C(=O)CN)c2F)O1. The third-order valence-electron chi connectivity index (χ3n) is 2.67. The fraction of sp³-hybridized carbons (Fsp3) is 0.417. The van der Waals surface area contributed by atoms with Gasteiger partial charge >= 0.3 is 0 Å². The molecule has 1 aliphatic heterocycles. The standard InChI is InChI=1S/C12H14FNO2/c1-12(2)5-8-10(16-12)4-3-7(11(8)13)9(15)6-14/h3-4H,5-6,14H2,1-2H3. The van der Waals surface area contributed by atoms with Gasteiger partial charge in [-0.25, -0.2) is 4.39 Å². The van der Waals surface area contributed by atoms with Crippen LogP contribution in [0.25, 0.3) is 0 Å². The first-order valence-corrected chi connectivity index (χ1v) is 5.18. The molecule has 0 saturated carbocycles. The van der Waals surface area contributed by atoms with E-state index in [1.54, 1.807) is 6.07 Å². The van der Waals surface area contributed by atoms with Gasteiger partial charge in [-0.2, -0.15) is 0 Å². The number of nitrogens with two attached hydrogens (primary N) is 1. The molecule has 0 spiro atoms. The van der Waals surface area contributed by atoms with Gasteiger partial charge in [0.2, 0.25) is 0 Å². The van der Waals surface area contributed by atoms with E-state index in [4.69, 9.17) is 10.5 Å². The van der Waals surface area contributed by atoms with Crippen LogP contribution in [-0.4, -0.2) is 17.9 Å². The molecule has 0 aliphatic carbocycles. The Hall–Kier alpha value is -1.42. The lowest BCUT2D eigenvalue weighted by molar-refractivity contribution is 0.0997. The van der Waals surface area contributed by atoms with E-state index in [0.29, 0.717) is 17.7 Å². The first-order chi connectivity index (χ1) is 7.44. The molecule has 86 valence electrons. The first-order valence-electron chi connectivity index (χ1n) is 5.18. The molecule has 3 nitrogen and oxygen atoms in total. The Morgan fingerprint density at radius 2 is 2.25 bits per heavy atom. The van der Waals surface area contributed by atoms with Crippen molar-refractivity contribution in [1.29, 1.82) is 0 Å². The Kier molecular flexibility index (Phi) is 2.46. The minimum atomic E-state index is -0.487. The smallest absolute Gasteiger partial charge is 0.179 e. The molecular weight excluding hydrogens is 209 g/mol. The molecular formula is C12H14FNO2. The number of ether oxygens (including phenoxy) is 1. The third-order valence-corrected chi connectivity index (χ3v) is 2.67. The molecule has 0 amide bonds. The van der Waals surface area contributed by atoms with E-state index in [2.05, 4.69) is 0 Å². The van der Waals surface area contributed by atoms with Crippen LogP contribution in [0.15, 0.2) is 12.1 Å². The summed E-state index contributed by atoms with van der Waals surface area (Å²) in [5.41, 5.74) is 5.35. The van der Waals surface area contributed by atoms with Gasteiger partial charge in [-0.05, 0) is 26.0 Å². The second-order valence-electron chi connectivity index (χ2n) is 4.57. The molecule has 0 radical (unpaired) electrons. The second kappa shape index (κ2) is 3.56. The summed E-state index contributed by atoms with van der Waals surface area (Å²) in [5, 5.41) is 0. The summed E-state index contributed by atoms with van der Waals surface area (Å²) in [4.78, 5) is 11.4. The molecule has 0 saturated heterocycles. The number of hydrogen-bond donors (Lipinski definition) is 1. The summed E-state index contributed by atoms with van der Waals surface area (Å²) in [5.74, 6) is -0.348. The second-order valence-corrected chi connectivity index (χ2v) is 4.57. The maximum atomic E-state index is 14.0. The fourth-order valence-corrected chi connectivity index (χ4v) is 1.95. The van der Waals surface area contributed by atoms with Crippen molar-refractivity contribution < 1.29 is 13.9 Å². The molecule has 0 unspecified atom stereocenters. The zero-order valence-electron chi connectivity index (χ0n) is 9.34. The van der Waals surface area contributed by atoms with Crippen LogP contribution in [0.4, 0.5) is 4.39 Å². The van der Waals surface area contributed by atoms with Gasteiger partial charge in [0.25, 0.3) is 0 Å². The lowest BCUT2D eigenvalue weighted by Crippen LogP contribution is -2.24. The molecule has 1 heterocycles. The maximum Gasteiger partial charge on any atom is 0.179 e. The number of hydrogen-bond acceptors (Lipinski definition) is 3. The number of benzene rings is 1. The molecule has 0 atom stereocenters. The van der Waals surface area contributed by atoms with Crippen molar-refractivity contribution in [1.82, 2.24) is 0 Å². The number of fused-ring (bicyclic) bond motifs is 1. The quantitative estimate of drug-likeness (QED) is 0.776. The molecule has 2 rings (SSSR count). The molecule has 1 aromatic rings. The highest BCUT2D eigenvalue weighted by atomic mass is 19.1. The molecule has 1 aromatic carbocycles. The summed E-state index contributed by atoms with van der Waals surface area (Å²) < 4.78 is 19.6. The molecule has 2 N–H and O–H groups in total. The van der Waals surface area contributed by atoms with E-state index in [9.17, 15) is 9.18 Å². The molecule has 4 heteroatoms. The van der Waals surface area contributed by atoms with Crippen LogP contribution in [0.2, 0.25) is 0 Å². The number of Topliss-reactive ketones (excluding diaryl/α,β-unsaturated/α-hetero) is 1. The highest BCUT2D eigenvalue weighted by Crippen LogP contribution is 2.37. The average molecular weight is 223 g/mol. The summed E-state index contributed by atoms with van der Waals surface area (Å²) >= 11 is 0. The first kappa shape index (κ1) is 11.1. The van der Waals surface area contributed by atoms with E-state index < -0.39 is 11.4 Å². The van der Waals surface area contributed by atoms with Gasteiger partial charge in [-0.15, -0.1) is 0 Å². The fourth-order valence-electron chi connectivity index (χ4n) is 1.95. The van der Waals surface area contributed by atoms with Crippen molar-refractivity contribution in [2.24, 2.45) is 5.73 Å². The molecule has 0 fully saturated rings. The summed E-state index contributed by atoms with van der Waals surface area (Å²) in [7, 11) is 0. The molecule has 1 aliphatic rings. The number of carbonyl (C=O) groups excluding carboxylic acids is 1. The van der Waals surface area contributed by atoms with Crippen LogP contribution in [0.5, 0.6) is 5.75 Å². The zero-order chi connectivity index (χ0) is 11.9. The van der Waals surface area contributed by atoms with Gasteiger partial charge in [0.15, 0.2) is 5.78 Å². The van der Waals surface area contributed by atoms with Crippen molar-refractivity contribution in [3.05, 3.63) is 29.1 Å². The van der Waals surface area contributed by atoms with Gasteiger partial charge in [0.1, 0.15) is 17.2 Å². The van der Waals surface area contributed by atoms with Crippen LogP contribution in [0, 0.1) is 5.82 Å². The lowest BCUT2D eigenvalue weighted by Gasteiger charge is -2.16. The molecule has 0 aromatic heterocycles. The lowest BCUT2D eigenvalue weighted by atomic mass is 9.98. The number of rotatable bonds is 2. The van der Waals surface area contributed by atoms with Crippen LogP contribution >= 0.6 is 0 Å². The van der Waals surface area contributed by atoms with Crippen molar-refractivity contribution >= 4 is 5.78 Å². The summed E-state index contributed by atoms with van der Waals surface area (Å²) in [6.45, 7) is 3.59. The van der Waals surface area contributed by atoms with Crippen LogP contribution in [-0.2, 0) is 6.42 Å². The topological polar surface area (TPSA) is 52.3 Å². The Bertz CT molecular complexity index is 455. The van der Waals surface area contributed by atoms with Gasteiger partial charge < -0.3 is 10.5 Å². The normalized spacial score (nSPS) is 16.8. The Morgan fingerprint density at radius 1 is 1.56 bits per heavy atom. The van der Waals surface area contributed by atoms with E-state index in [-0.39, 0.29) is 17.9 Å². The monoisotopic (exact) mass is 223 g/mol. The van der Waals surface area contributed by atoms with Crippen molar-refractivity contribution in [2.75, 3.05) is 6.54 Å². The summed E-state index contributed by atoms with van der Waals surface area (Å²) in [6, 6.07) is 3.07. The van der Waals surface area contributed by atoms with Crippen LogP contribution < -0.4 is 10.5 Å². The van der Waals surface area contributed by atoms with Crippen molar-refractivity contribution in [3.63, 3.8) is 0 Å². The number of ketones is 1. The Morgan fingerprint density at radius 3 is 2.88 bits per heavy atom. The minimum Gasteiger partial charge on any atom is -0.487 e. The largest absolute Gasteiger partial charge is 0.487 e. The highest BCUT2D eigenvalue weighted by molar-refractivity contribution is 5.98. The molecule has 0 bridgehead atoms. The van der Waals surface area contributed by atoms with Crippen molar-refractivity contribution in [3.8, 4) is 5.75 Å². The van der Waals surface area contributed by atoms with Crippen molar-refractivity contribution in [2.45, 2.75) is 25.9 Å². The summed E-state index contributed by atoms with van der Waals surface area (Å²) in [6.07, 6.45) is 0.472. The predicted molar refractivity (Wildman–Crippen MR) is 58.2 cm³/mol. The number of halogens is 1. The predicted octanol–water partition coefficient (Wildman–Crippen LogP) is 1.68. The van der Waals surface area contributed by atoms with Gasteiger partial charge in [-0.1, -0.05) is 0 Å². The zero-order valence-corrected chi connectivity index (χ0v) is 9.34. The minimum absolute atomic E-state index is 0.0579. The maximum absolute atomic E-state index is 14.0. The van der Waals surface area contributed by atoms with Gasteiger partial charge in [0.05, 0.1) is 12.1 Å². The van der Waals surface area contributed by atoms with Gasteiger partial charge in [0, 0.05) is 12.0 Å². The highest BCUT2D eigenvalue weighted by Gasteiger charge is 2.33. The third kappa shape index (κ3) is 1.69. The average Bonchev–Trinajstić information content (AvgIpc) is 2.53. The van der Waals surface area contributed by atoms with E-state index >= 15 is 0 Å². The van der Waals surface area contributed by atoms with E-state index in [1.807, 2.05) is 13.8 Å². The Labute approximate surface area is 93.4 Å².